The van der Waals surface area contributed by atoms with Crippen molar-refractivity contribution in [2.75, 3.05) is 6.54 Å². The van der Waals surface area contributed by atoms with E-state index >= 15 is 0 Å². The van der Waals surface area contributed by atoms with Crippen molar-refractivity contribution < 1.29 is 4.39 Å². The second kappa shape index (κ2) is 7.69. The summed E-state index contributed by atoms with van der Waals surface area (Å²) in [5, 5.41) is 5.62. The lowest BCUT2D eigenvalue weighted by atomic mass is 10.0. The van der Waals surface area contributed by atoms with Gasteiger partial charge in [-0.15, -0.1) is 11.3 Å². The number of hydrogen-bond donors (Lipinski definition) is 1. The lowest BCUT2D eigenvalue weighted by Crippen LogP contribution is -2.23. The van der Waals surface area contributed by atoms with E-state index in [1.165, 1.54) is 10.9 Å². The van der Waals surface area contributed by atoms with Gasteiger partial charge < -0.3 is 5.32 Å². The number of nitrogens with one attached hydrogen (secondary N) is 1. The van der Waals surface area contributed by atoms with E-state index in [1.807, 2.05) is 0 Å². The van der Waals surface area contributed by atoms with Crippen LogP contribution in [0, 0.1) is 5.82 Å². The molecule has 0 aliphatic carbocycles. The Hall–Kier alpha value is -0.230. The molecule has 1 aromatic heterocycles. The number of thiophene rings is 1. The van der Waals surface area contributed by atoms with Gasteiger partial charge in [0.25, 0.3) is 0 Å². The fourth-order valence-corrected chi connectivity index (χ4v) is 3.95. The third kappa shape index (κ3) is 4.38. The summed E-state index contributed by atoms with van der Waals surface area (Å²) < 4.78 is 15.5. The van der Waals surface area contributed by atoms with Crippen molar-refractivity contribution in [1.82, 2.24) is 5.32 Å². The van der Waals surface area contributed by atoms with Crippen molar-refractivity contribution in [2.45, 2.75) is 25.8 Å². The molecule has 0 amide bonds. The van der Waals surface area contributed by atoms with Gasteiger partial charge in [-0.3, -0.25) is 0 Å². The number of halogens is 3. The zero-order chi connectivity index (χ0) is 14.5. The molecule has 5 heteroatoms. The molecule has 1 heterocycles. The molecule has 0 saturated heterocycles. The fourth-order valence-electron chi connectivity index (χ4n) is 2.02. The molecule has 0 fully saturated rings. The van der Waals surface area contributed by atoms with Crippen LogP contribution in [0.1, 0.15) is 29.8 Å². The van der Waals surface area contributed by atoms with Crippen LogP contribution < -0.4 is 5.32 Å². The monoisotopic (exact) mass is 419 g/mol. The molecule has 1 nitrogen and oxygen atoms in total. The molecule has 0 bridgehead atoms. The molecular weight excluding hydrogens is 405 g/mol. The summed E-state index contributed by atoms with van der Waals surface area (Å²) in [5.74, 6) is -0.190. The summed E-state index contributed by atoms with van der Waals surface area (Å²) in [6.07, 6.45) is 1.85. The van der Waals surface area contributed by atoms with Gasteiger partial charge in [-0.1, -0.05) is 22.9 Å². The SMILES string of the molecule is CCCNC(Cc1cc(F)ccc1Br)c1cc(Br)cs1. The standard InChI is InChI=1S/C15H16Br2FNS/c1-2-5-19-14(15-8-11(16)9-20-15)7-10-6-12(18)3-4-13(10)17/h3-4,6,8-9,14,19H,2,5,7H2,1H3. The number of hydrogen-bond acceptors (Lipinski definition) is 2. The first-order valence-corrected chi connectivity index (χ1v) is 8.98. The third-order valence-electron chi connectivity index (χ3n) is 3.00. The Morgan fingerprint density at radius 3 is 2.75 bits per heavy atom. The molecule has 0 saturated carbocycles. The van der Waals surface area contributed by atoms with Crippen molar-refractivity contribution in [3.05, 3.63) is 54.8 Å². The Bertz CT molecular complexity index is 571. The maximum absolute atomic E-state index is 13.4. The highest BCUT2D eigenvalue weighted by Crippen LogP contribution is 2.30. The van der Waals surface area contributed by atoms with E-state index in [0.717, 1.165) is 33.9 Å². The van der Waals surface area contributed by atoms with Gasteiger partial charge in [0.1, 0.15) is 5.82 Å². The van der Waals surface area contributed by atoms with Crippen LogP contribution in [0.5, 0.6) is 0 Å². The van der Waals surface area contributed by atoms with E-state index < -0.39 is 0 Å². The first-order chi connectivity index (χ1) is 9.60. The average Bonchev–Trinajstić information content (AvgIpc) is 2.85. The van der Waals surface area contributed by atoms with Crippen molar-refractivity contribution in [3.8, 4) is 0 Å². The summed E-state index contributed by atoms with van der Waals surface area (Å²) in [7, 11) is 0. The molecule has 1 unspecified atom stereocenters. The lowest BCUT2D eigenvalue weighted by molar-refractivity contribution is 0.533. The molecule has 2 rings (SSSR count). The third-order valence-corrected chi connectivity index (χ3v) is 5.58. The van der Waals surface area contributed by atoms with Crippen LogP contribution >= 0.6 is 43.2 Å². The van der Waals surface area contributed by atoms with E-state index in [9.17, 15) is 4.39 Å². The first-order valence-electron chi connectivity index (χ1n) is 6.51. The van der Waals surface area contributed by atoms with Gasteiger partial charge in [0, 0.05) is 25.2 Å². The van der Waals surface area contributed by atoms with E-state index in [-0.39, 0.29) is 11.9 Å². The smallest absolute Gasteiger partial charge is 0.123 e. The highest BCUT2D eigenvalue weighted by atomic mass is 79.9. The van der Waals surface area contributed by atoms with Gasteiger partial charge in [0.05, 0.1) is 0 Å². The highest BCUT2D eigenvalue weighted by molar-refractivity contribution is 9.10. The van der Waals surface area contributed by atoms with Crippen LogP contribution in [0.2, 0.25) is 0 Å². The second-order valence-corrected chi connectivity index (χ2v) is 7.33. The molecule has 0 spiro atoms. The minimum Gasteiger partial charge on any atom is -0.309 e. The van der Waals surface area contributed by atoms with Crippen LogP contribution in [-0.2, 0) is 6.42 Å². The topological polar surface area (TPSA) is 12.0 Å². The lowest BCUT2D eigenvalue weighted by Gasteiger charge is -2.18. The Kier molecular flexibility index (Phi) is 6.20. The summed E-state index contributed by atoms with van der Waals surface area (Å²) in [5.41, 5.74) is 0.989. The zero-order valence-corrected chi connectivity index (χ0v) is 15.1. The Labute approximate surface area is 139 Å². The van der Waals surface area contributed by atoms with Gasteiger partial charge in [-0.05, 0) is 65.1 Å². The first kappa shape index (κ1) is 16.1. The zero-order valence-electron chi connectivity index (χ0n) is 11.1. The molecule has 0 radical (unpaired) electrons. The minimum absolute atomic E-state index is 0.190. The second-order valence-electron chi connectivity index (χ2n) is 4.61. The number of benzene rings is 1. The van der Waals surface area contributed by atoms with Crippen LogP contribution in [0.3, 0.4) is 0 Å². The van der Waals surface area contributed by atoms with Gasteiger partial charge in [-0.2, -0.15) is 0 Å². The normalized spacial score (nSPS) is 12.6. The fraction of sp³-hybridized carbons (Fsp3) is 0.333. The summed E-state index contributed by atoms with van der Waals surface area (Å²) >= 11 is 8.72. The predicted molar refractivity (Wildman–Crippen MR) is 90.9 cm³/mol. The van der Waals surface area contributed by atoms with Crippen LogP contribution in [-0.4, -0.2) is 6.54 Å². The molecule has 1 aromatic carbocycles. The molecule has 2 aromatic rings. The maximum atomic E-state index is 13.4. The Morgan fingerprint density at radius 2 is 2.10 bits per heavy atom. The van der Waals surface area contributed by atoms with Crippen molar-refractivity contribution in [2.24, 2.45) is 0 Å². The Balaban J connectivity index is 2.21. The van der Waals surface area contributed by atoms with E-state index in [4.69, 9.17) is 0 Å². The van der Waals surface area contributed by atoms with Gasteiger partial charge in [0.2, 0.25) is 0 Å². The van der Waals surface area contributed by atoms with Crippen LogP contribution in [0.4, 0.5) is 4.39 Å². The molecule has 1 atom stereocenters. The molecule has 0 aliphatic rings. The summed E-state index contributed by atoms with van der Waals surface area (Å²) in [4.78, 5) is 1.27. The average molecular weight is 421 g/mol. The molecular formula is C15H16Br2FNS. The van der Waals surface area contributed by atoms with Gasteiger partial charge in [-0.25, -0.2) is 4.39 Å². The number of rotatable bonds is 6. The van der Waals surface area contributed by atoms with Crippen molar-refractivity contribution >= 4 is 43.2 Å². The van der Waals surface area contributed by atoms with Crippen LogP contribution in [0.15, 0.2) is 38.6 Å². The van der Waals surface area contributed by atoms with Crippen molar-refractivity contribution in [3.63, 3.8) is 0 Å². The van der Waals surface area contributed by atoms with E-state index in [2.05, 4.69) is 55.5 Å². The van der Waals surface area contributed by atoms with E-state index in [1.54, 1.807) is 23.5 Å². The summed E-state index contributed by atoms with van der Waals surface area (Å²) in [6.45, 7) is 3.10. The quantitative estimate of drug-likeness (QED) is 0.632. The molecule has 108 valence electrons. The summed E-state index contributed by atoms with van der Waals surface area (Å²) in [6, 6.07) is 7.19. The predicted octanol–water partition coefficient (Wildman–Crippen LogP) is 5.70. The van der Waals surface area contributed by atoms with Gasteiger partial charge >= 0.3 is 0 Å². The van der Waals surface area contributed by atoms with Gasteiger partial charge in [0.15, 0.2) is 0 Å². The van der Waals surface area contributed by atoms with E-state index in [0.29, 0.717) is 0 Å². The minimum atomic E-state index is -0.190. The maximum Gasteiger partial charge on any atom is 0.123 e. The van der Waals surface area contributed by atoms with Crippen molar-refractivity contribution in [1.29, 1.82) is 0 Å². The molecule has 1 N–H and O–H groups in total. The van der Waals surface area contributed by atoms with Crippen LogP contribution in [0.25, 0.3) is 0 Å². The Morgan fingerprint density at radius 1 is 1.30 bits per heavy atom. The highest BCUT2D eigenvalue weighted by Gasteiger charge is 2.15. The largest absolute Gasteiger partial charge is 0.309 e. The molecule has 0 aliphatic heterocycles. The molecule has 20 heavy (non-hydrogen) atoms.